The number of hydrogen-bond acceptors (Lipinski definition) is 2. The molecule has 0 aromatic heterocycles. The maximum atomic E-state index is 6.47. The molecule has 0 heterocycles. The number of hydrogen-bond donors (Lipinski definition) is 0. The zero-order valence-electron chi connectivity index (χ0n) is 13.2. The molecule has 0 aromatic rings. The first-order valence-corrected chi connectivity index (χ1v) is 9.71. The van der Waals surface area contributed by atoms with Crippen LogP contribution in [-0.4, -0.2) is 20.8 Å². The highest BCUT2D eigenvalue weighted by atomic mass is 28.4. The van der Waals surface area contributed by atoms with Crippen LogP contribution in [0.4, 0.5) is 0 Å². The highest BCUT2D eigenvalue weighted by Gasteiger charge is 2.50. The zero-order valence-corrected chi connectivity index (χ0v) is 14.2. The van der Waals surface area contributed by atoms with E-state index >= 15 is 0 Å². The van der Waals surface area contributed by atoms with Crippen LogP contribution in [0.25, 0.3) is 0 Å². The number of rotatable bonds is 6. The molecule has 0 amide bonds. The lowest BCUT2D eigenvalue weighted by Crippen LogP contribution is -2.53. The largest absolute Gasteiger partial charge is 0.391 e. The van der Waals surface area contributed by atoms with Gasteiger partial charge < -0.3 is 8.85 Å². The van der Waals surface area contributed by atoms with Crippen LogP contribution < -0.4 is 0 Å². The van der Waals surface area contributed by atoms with Crippen LogP contribution in [0.2, 0.25) is 11.1 Å². The average Bonchev–Trinajstić information content (AvgIpc) is 2.27. The van der Waals surface area contributed by atoms with Gasteiger partial charge in [-0.25, -0.2) is 0 Å². The van der Waals surface area contributed by atoms with Crippen molar-refractivity contribution in [2.24, 2.45) is 0 Å². The Kier molecular flexibility index (Phi) is 6.35. The Balaban J connectivity index is 2.93. The van der Waals surface area contributed by atoms with Crippen molar-refractivity contribution in [2.75, 3.05) is 0 Å². The third-order valence-corrected chi connectivity index (χ3v) is 8.82. The van der Waals surface area contributed by atoms with Crippen molar-refractivity contribution in [3.05, 3.63) is 0 Å². The van der Waals surface area contributed by atoms with Gasteiger partial charge >= 0.3 is 8.56 Å². The van der Waals surface area contributed by atoms with Gasteiger partial charge in [0.05, 0.1) is 0 Å². The maximum absolute atomic E-state index is 6.47. The molecule has 1 aliphatic rings. The van der Waals surface area contributed by atoms with Gasteiger partial charge in [0.25, 0.3) is 0 Å². The van der Waals surface area contributed by atoms with Crippen molar-refractivity contribution >= 4 is 8.56 Å². The summed E-state index contributed by atoms with van der Waals surface area (Å²) >= 11 is 0. The Morgan fingerprint density at radius 1 is 0.778 bits per heavy atom. The Hall–Kier alpha value is 0.137. The second kappa shape index (κ2) is 7.06. The van der Waals surface area contributed by atoms with Crippen LogP contribution in [0.3, 0.4) is 0 Å². The lowest BCUT2D eigenvalue weighted by Gasteiger charge is -2.44. The molecule has 0 spiro atoms. The van der Waals surface area contributed by atoms with Gasteiger partial charge in [-0.3, -0.25) is 0 Å². The van der Waals surface area contributed by atoms with Gasteiger partial charge in [-0.1, -0.05) is 33.1 Å². The first kappa shape index (κ1) is 16.2. The van der Waals surface area contributed by atoms with Crippen molar-refractivity contribution in [1.82, 2.24) is 0 Å². The van der Waals surface area contributed by atoms with E-state index in [9.17, 15) is 0 Å². The summed E-state index contributed by atoms with van der Waals surface area (Å²) in [4.78, 5) is 0. The van der Waals surface area contributed by atoms with Crippen LogP contribution in [0.1, 0.15) is 73.6 Å². The molecule has 0 unspecified atom stereocenters. The van der Waals surface area contributed by atoms with E-state index in [0.29, 0.717) is 11.1 Å². The van der Waals surface area contributed by atoms with Gasteiger partial charge in [-0.15, -0.1) is 0 Å². The molecule has 0 aliphatic heterocycles. The van der Waals surface area contributed by atoms with E-state index in [1.54, 1.807) is 0 Å². The van der Waals surface area contributed by atoms with E-state index in [1.807, 2.05) is 0 Å². The zero-order chi connectivity index (χ0) is 13.8. The van der Waals surface area contributed by atoms with E-state index in [1.165, 1.54) is 32.1 Å². The highest BCUT2D eigenvalue weighted by Crippen LogP contribution is 2.45. The lowest BCUT2D eigenvalue weighted by atomic mass is 10.0. The van der Waals surface area contributed by atoms with Crippen molar-refractivity contribution in [2.45, 2.75) is 96.9 Å². The molecule has 1 rings (SSSR count). The van der Waals surface area contributed by atoms with Crippen molar-refractivity contribution in [3.63, 3.8) is 0 Å². The van der Waals surface area contributed by atoms with E-state index in [0.717, 1.165) is 0 Å². The predicted octanol–water partition coefficient (Wildman–Crippen LogP) is 5.02. The van der Waals surface area contributed by atoms with Crippen molar-refractivity contribution in [1.29, 1.82) is 0 Å². The Morgan fingerprint density at radius 2 is 1.22 bits per heavy atom. The third kappa shape index (κ3) is 4.07. The minimum atomic E-state index is -2.10. The van der Waals surface area contributed by atoms with Crippen LogP contribution in [0.5, 0.6) is 0 Å². The Morgan fingerprint density at radius 3 is 1.56 bits per heavy atom. The molecular weight excluding hydrogens is 240 g/mol. The molecule has 1 saturated carbocycles. The van der Waals surface area contributed by atoms with Gasteiger partial charge in [0.1, 0.15) is 0 Å². The van der Waals surface area contributed by atoms with Crippen LogP contribution in [0.15, 0.2) is 0 Å². The van der Waals surface area contributed by atoms with Gasteiger partial charge in [0, 0.05) is 17.7 Å². The second-order valence-electron chi connectivity index (χ2n) is 6.54. The van der Waals surface area contributed by atoms with Gasteiger partial charge in [-0.05, 0) is 46.1 Å². The topological polar surface area (TPSA) is 18.5 Å². The molecule has 0 radical (unpaired) electrons. The smallest absolute Gasteiger partial charge is 0.344 e. The molecule has 1 fully saturated rings. The summed E-state index contributed by atoms with van der Waals surface area (Å²) in [5.74, 6) is 0. The summed E-state index contributed by atoms with van der Waals surface area (Å²) in [5.41, 5.74) is 1.22. The lowest BCUT2D eigenvalue weighted by molar-refractivity contribution is 0.0861. The summed E-state index contributed by atoms with van der Waals surface area (Å²) < 4.78 is 12.9. The van der Waals surface area contributed by atoms with Crippen molar-refractivity contribution in [3.8, 4) is 0 Å². The summed E-state index contributed by atoms with van der Waals surface area (Å²) in [6.45, 7) is 13.2. The fraction of sp³-hybridized carbons (Fsp3) is 1.00. The molecule has 0 aromatic carbocycles. The standard InChI is InChI=1S/C15H32O2Si/c1-12(2)16-18(14(5)6,17-13(3)4)15-10-8-7-9-11-15/h12-15H,7-11H2,1-6H3. The summed E-state index contributed by atoms with van der Waals surface area (Å²) in [6.07, 6.45) is 7.28. The van der Waals surface area contributed by atoms with E-state index in [2.05, 4.69) is 41.5 Å². The molecule has 0 atom stereocenters. The van der Waals surface area contributed by atoms with E-state index < -0.39 is 8.56 Å². The van der Waals surface area contributed by atoms with Gasteiger partial charge in [0.2, 0.25) is 0 Å². The normalized spacial score (nSPS) is 19.2. The second-order valence-corrected chi connectivity index (χ2v) is 10.4. The highest BCUT2D eigenvalue weighted by molar-refractivity contribution is 6.70. The Labute approximate surface area is 115 Å². The molecule has 18 heavy (non-hydrogen) atoms. The molecule has 0 saturated heterocycles. The van der Waals surface area contributed by atoms with Gasteiger partial charge in [-0.2, -0.15) is 0 Å². The van der Waals surface area contributed by atoms with Crippen LogP contribution >= 0.6 is 0 Å². The maximum Gasteiger partial charge on any atom is 0.344 e. The van der Waals surface area contributed by atoms with E-state index in [4.69, 9.17) is 8.85 Å². The summed E-state index contributed by atoms with van der Waals surface area (Å²) in [5, 5.41) is 0. The van der Waals surface area contributed by atoms with Crippen LogP contribution in [-0.2, 0) is 8.85 Å². The third-order valence-electron chi connectivity index (χ3n) is 3.82. The van der Waals surface area contributed by atoms with Gasteiger partial charge in [0.15, 0.2) is 0 Å². The molecule has 1 aliphatic carbocycles. The SMILES string of the molecule is CC(C)O[Si](OC(C)C)(C(C)C)C1CCCCC1. The summed E-state index contributed by atoms with van der Waals surface area (Å²) in [7, 11) is -2.10. The minimum absolute atomic E-state index is 0.278. The quantitative estimate of drug-likeness (QED) is 0.632. The van der Waals surface area contributed by atoms with Crippen LogP contribution in [0, 0.1) is 0 Å². The monoisotopic (exact) mass is 272 g/mol. The fourth-order valence-electron chi connectivity index (χ4n) is 3.21. The predicted molar refractivity (Wildman–Crippen MR) is 80.1 cm³/mol. The Bertz CT molecular complexity index is 223. The average molecular weight is 273 g/mol. The molecule has 3 heteroatoms. The fourth-order valence-corrected chi connectivity index (χ4v) is 7.82. The molecule has 2 nitrogen and oxygen atoms in total. The van der Waals surface area contributed by atoms with Crippen molar-refractivity contribution < 1.29 is 8.85 Å². The molecule has 108 valence electrons. The molecule has 0 N–H and O–H groups in total. The first-order chi connectivity index (χ1) is 8.38. The minimum Gasteiger partial charge on any atom is -0.391 e. The molecular formula is C15H32O2Si. The van der Waals surface area contributed by atoms with E-state index in [-0.39, 0.29) is 12.2 Å². The molecule has 0 bridgehead atoms. The summed E-state index contributed by atoms with van der Waals surface area (Å²) in [6, 6.07) is 0. The first-order valence-electron chi connectivity index (χ1n) is 7.74.